The Morgan fingerprint density at radius 1 is 1.42 bits per heavy atom. The van der Waals surface area contributed by atoms with E-state index >= 15 is 0 Å². The number of fused-ring (bicyclic) bond motifs is 1. The molecular formula is C15H21N3O. The Bertz CT molecular complexity index is 572. The highest BCUT2D eigenvalue weighted by atomic mass is 16.3. The maximum absolute atomic E-state index is 9.24. The molecule has 3 N–H and O–H groups in total. The number of aliphatic hydroxyl groups excluding tert-OH is 1. The molecule has 2 aromatic rings. The van der Waals surface area contributed by atoms with E-state index < -0.39 is 0 Å². The molecule has 0 spiro atoms. The molecule has 1 aliphatic rings. The standard InChI is InChI=1S/C15H21N3O/c1-11-17-13-3-2-12(8-14(13)18-11)4-7-16-9-15(10-19)5-6-15/h2-3,8,16,19H,4-7,9-10H2,1H3,(H,17,18). The lowest BCUT2D eigenvalue weighted by Crippen LogP contribution is -2.28. The summed E-state index contributed by atoms with van der Waals surface area (Å²) in [5.41, 5.74) is 3.66. The summed E-state index contributed by atoms with van der Waals surface area (Å²) >= 11 is 0. The van der Waals surface area contributed by atoms with E-state index in [1.807, 2.05) is 6.92 Å². The number of hydrogen-bond donors (Lipinski definition) is 3. The number of H-pyrrole nitrogens is 1. The van der Waals surface area contributed by atoms with E-state index in [-0.39, 0.29) is 5.41 Å². The van der Waals surface area contributed by atoms with E-state index in [2.05, 4.69) is 33.5 Å². The number of rotatable bonds is 6. The Balaban J connectivity index is 1.53. The Hall–Kier alpha value is -1.39. The molecule has 0 atom stereocenters. The summed E-state index contributed by atoms with van der Waals surface area (Å²) in [5.74, 6) is 0.962. The van der Waals surface area contributed by atoms with Gasteiger partial charge in [0.2, 0.25) is 0 Å². The van der Waals surface area contributed by atoms with E-state index in [1.165, 1.54) is 5.56 Å². The van der Waals surface area contributed by atoms with E-state index in [9.17, 15) is 5.11 Å². The van der Waals surface area contributed by atoms with Crippen LogP contribution in [0.5, 0.6) is 0 Å². The topological polar surface area (TPSA) is 60.9 Å². The molecule has 1 aliphatic carbocycles. The van der Waals surface area contributed by atoms with Gasteiger partial charge in [0.1, 0.15) is 5.82 Å². The Kier molecular flexibility index (Phi) is 3.29. The predicted octanol–water partition coefficient (Wildman–Crippen LogP) is 1.78. The van der Waals surface area contributed by atoms with Crippen molar-refractivity contribution in [2.24, 2.45) is 5.41 Å². The van der Waals surface area contributed by atoms with E-state index in [0.29, 0.717) is 6.61 Å². The summed E-state index contributed by atoms with van der Waals surface area (Å²) in [7, 11) is 0. The molecule has 102 valence electrons. The van der Waals surface area contributed by atoms with Gasteiger partial charge in [0.15, 0.2) is 0 Å². The lowest BCUT2D eigenvalue weighted by molar-refractivity contribution is 0.208. The first kappa shape index (κ1) is 12.6. The van der Waals surface area contributed by atoms with Crippen LogP contribution in [-0.2, 0) is 6.42 Å². The van der Waals surface area contributed by atoms with Crippen LogP contribution in [0.1, 0.15) is 24.2 Å². The number of aromatic nitrogens is 2. The highest BCUT2D eigenvalue weighted by Gasteiger charge is 2.41. The van der Waals surface area contributed by atoms with Crippen LogP contribution >= 0.6 is 0 Å². The summed E-state index contributed by atoms with van der Waals surface area (Å²) in [5, 5.41) is 12.7. The third kappa shape index (κ3) is 2.80. The van der Waals surface area contributed by atoms with Gasteiger partial charge >= 0.3 is 0 Å². The van der Waals surface area contributed by atoms with Gasteiger partial charge in [-0.1, -0.05) is 6.07 Å². The monoisotopic (exact) mass is 259 g/mol. The number of nitrogens with zero attached hydrogens (tertiary/aromatic N) is 1. The summed E-state index contributed by atoms with van der Waals surface area (Å²) in [6, 6.07) is 6.39. The van der Waals surface area contributed by atoms with Crippen molar-refractivity contribution in [3.8, 4) is 0 Å². The first-order valence-corrected chi connectivity index (χ1v) is 6.98. The van der Waals surface area contributed by atoms with Crippen molar-refractivity contribution in [1.82, 2.24) is 15.3 Å². The Labute approximate surface area is 113 Å². The van der Waals surface area contributed by atoms with Crippen molar-refractivity contribution in [2.75, 3.05) is 19.7 Å². The van der Waals surface area contributed by atoms with E-state index in [1.54, 1.807) is 0 Å². The molecule has 1 aromatic heterocycles. The molecule has 1 fully saturated rings. The average Bonchev–Trinajstić information content (AvgIpc) is 3.09. The minimum Gasteiger partial charge on any atom is -0.396 e. The molecule has 0 unspecified atom stereocenters. The number of nitrogens with one attached hydrogen (secondary N) is 2. The molecule has 3 rings (SSSR count). The van der Waals surface area contributed by atoms with Gasteiger partial charge in [-0.25, -0.2) is 4.98 Å². The third-order valence-electron chi connectivity index (χ3n) is 4.05. The molecule has 1 heterocycles. The average molecular weight is 259 g/mol. The summed E-state index contributed by atoms with van der Waals surface area (Å²) in [6.07, 6.45) is 3.33. The fraction of sp³-hybridized carbons (Fsp3) is 0.533. The van der Waals surface area contributed by atoms with Crippen molar-refractivity contribution in [1.29, 1.82) is 0 Å². The van der Waals surface area contributed by atoms with Crippen molar-refractivity contribution in [3.05, 3.63) is 29.6 Å². The zero-order valence-electron chi connectivity index (χ0n) is 11.4. The van der Waals surface area contributed by atoms with Gasteiger partial charge in [-0.3, -0.25) is 0 Å². The fourth-order valence-corrected chi connectivity index (χ4v) is 2.49. The van der Waals surface area contributed by atoms with Crippen LogP contribution in [0, 0.1) is 12.3 Å². The Morgan fingerprint density at radius 3 is 3.00 bits per heavy atom. The maximum atomic E-state index is 9.24. The number of aromatic amines is 1. The second-order valence-electron chi connectivity index (χ2n) is 5.76. The van der Waals surface area contributed by atoms with E-state index in [4.69, 9.17) is 0 Å². The molecular weight excluding hydrogens is 238 g/mol. The number of benzene rings is 1. The van der Waals surface area contributed by atoms with Gasteiger partial charge < -0.3 is 15.4 Å². The van der Waals surface area contributed by atoms with Crippen LogP contribution < -0.4 is 5.32 Å². The fourth-order valence-electron chi connectivity index (χ4n) is 2.49. The van der Waals surface area contributed by atoms with Gasteiger partial charge in [-0.2, -0.15) is 0 Å². The highest BCUT2D eigenvalue weighted by molar-refractivity contribution is 5.75. The summed E-state index contributed by atoms with van der Waals surface area (Å²) in [6.45, 7) is 4.19. The smallest absolute Gasteiger partial charge is 0.104 e. The Morgan fingerprint density at radius 2 is 2.26 bits per heavy atom. The van der Waals surface area contributed by atoms with Crippen LogP contribution in [0.3, 0.4) is 0 Å². The number of imidazole rings is 1. The van der Waals surface area contributed by atoms with Crippen molar-refractivity contribution >= 4 is 11.0 Å². The van der Waals surface area contributed by atoms with Crippen LogP contribution in [0.15, 0.2) is 18.2 Å². The highest BCUT2D eigenvalue weighted by Crippen LogP contribution is 2.44. The second kappa shape index (κ2) is 4.94. The molecule has 1 aromatic carbocycles. The van der Waals surface area contributed by atoms with Crippen LogP contribution in [-0.4, -0.2) is 34.8 Å². The number of aryl methyl sites for hydroxylation is 1. The minimum atomic E-state index is 0.199. The lowest BCUT2D eigenvalue weighted by Gasteiger charge is -2.12. The first-order valence-electron chi connectivity index (χ1n) is 6.98. The molecule has 0 radical (unpaired) electrons. The van der Waals surface area contributed by atoms with Gasteiger partial charge in [-0.15, -0.1) is 0 Å². The van der Waals surface area contributed by atoms with Crippen molar-refractivity contribution in [3.63, 3.8) is 0 Å². The predicted molar refractivity (Wildman–Crippen MR) is 76.2 cm³/mol. The molecule has 0 saturated heterocycles. The molecule has 0 bridgehead atoms. The number of hydrogen-bond acceptors (Lipinski definition) is 3. The van der Waals surface area contributed by atoms with Crippen LogP contribution in [0.4, 0.5) is 0 Å². The normalized spacial score (nSPS) is 16.9. The SMILES string of the molecule is Cc1nc2ccc(CCNCC3(CO)CC3)cc2[nH]1. The molecule has 1 saturated carbocycles. The van der Waals surface area contributed by atoms with E-state index in [0.717, 1.165) is 49.2 Å². The zero-order valence-corrected chi connectivity index (χ0v) is 11.4. The van der Waals surface area contributed by atoms with Crippen molar-refractivity contribution < 1.29 is 5.11 Å². The second-order valence-corrected chi connectivity index (χ2v) is 5.76. The van der Waals surface area contributed by atoms with Gasteiger partial charge in [0.25, 0.3) is 0 Å². The minimum absolute atomic E-state index is 0.199. The quantitative estimate of drug-likeness (QED) is 0.693. The van der Waals surface area contributed by atoms with Gasteiger partial charge in [0.05, 0.1) is 11.0 Å². The molecule has 0 amide bonds. The first-order chi connectivity index (χ1) is 9.21. The van der Waals surface area contributed by atoms with Crippen molar-refractivity contribution in [2.45, 2.75) is 26.2 Å². The van der Waals surface area contributed by atoms with Crippen LogP contribution in [0.25, 0.3) is 11.0 Å². The molecule has 4 nitrogen and oxygen atoms in total. The van der Waals surface area contributed by atoms with Crippen LogP contribution in [0.2, 0.25) is 0 Å². The maximum Gasteiger partial charge on any atom is 0.104 e. The molecule has 19 heavy (non-hydrogen) atoms. The van der Waals surface area contributed by atoms with Gasteiger partial charge in [0, 0.05) is 18.6 Å². The largest absolute Gasteiger partial charge is 0.396 e. The number of aliphatic hydroxyl groups is 1. The molecule has 0 aliphatic heterocycles. The summed E-state index contributed by atoms with van der Waals surface area (Å²) in [4.78, 5) is 7.67. The summed E-state index contributed by atoms with van der Waals surface area (Å²) < 4.78 is 0. The third-order valence-corrected chi connectivity index (χ3v) is 4.05. The van der Waals surface area contributed by atoms with Gasteiger partial charge in [-0.05, 0) is 50.4 Å². The molecule has 4 heteroatoms. The lowest BCUT2D eigenvalue weighted by atomic mass is 10.1. The zero-order chi connectivity index (χ0) is 13.3.